The van der Waals surface area contributed by atoms with E-state index in [1.165, 1.54) is 18.2 Å². The van der Waals surface area contributed by atoms with Gasteiger partial charge in [-0.1, -0.05) is 17.3 Å². The lowest BCUT2D eigenvalue weighted by Crippen LogP contribution is -2.07. The summed E-state index contributed by atoms with van der Waals surface area (Å²) in [6.45, 7) is 0.0724. The number of hydrogen-bond donors (Lipinski definition) is 0. The Hall–Kier alpha value is -3.23. The van der Waals surface area contributed by atoms with Gasteiger partial charge in [0.1, 0.15) is 5.75 Å². The summed E-state index contributed by atoms with van der Waals surface area (Å²) < 4.78 is 60.2. The Kier molecular flexibility index (Phi) is 3.90. The molecule has 1 aliphatic rings. The highest BCUT2D eigenvalue weighted by Crippen LogP contribution is 2.37. The third kappa shape index (κ3) is 3.15. The predicted molar refractivity (Wildman–Crippen MR) is 81.6 cm³/mol. The molecule has 0 saturated carbocycles. The molecule has 2 aromatic carbocycles. The standard InChI is InChI=1S/C17H11F3N2O4/c18-17(19,20)12-4-2-1-3-11(12)16-21-15(22-26-16)8-23-10-5-6-13-14(7-10)25-9-24-13/h1-7H,8-9H2. The summed E-state index contributed by atoms with van der Waals surface area (Å²) in [5.74, 6) is 1.55. The SMILES string of the molecule is FC(F)(F)c1ccccc1-c1nc(COc2ccc3c(c2)OCO3)no1. The topological polar surface area (TPSA) is 66.6 Å². The van der Waals surface area contributed by atoms with Crippen molar-refractivity contribution in [2.24, 2.45) is 0 Å². The van der Waals surface area contributed by atoms with Gasteiger partial charge in [-0.05, 0) is 24.3 Å². The number of aromatic nitrogens is 2. The van der Waals surface area contributed by atoms with Crippen molar-refractivity contribution in [2.45, 2.75) is 12.8 Å². The molecule has 0 unspecified atom stereocenters. The normalized spacial score (nSPS) is 13.0. The van der Waals surface area contributed by atoms with Crippen LogP contribution in [0.1, 0.15) is 11.4 Å². The van der Waals surface area contributed by atoms with Crippen LogP contribution in [0.2, 0.25) is 0 Å². The number of hydrogen-bond acceptors (Lipinski definition) is 6. The minimum atomic E-state index is -4.52. The molecular weight excluding hydrogens is 353 g/mol. The largest absolute Gasteiger partial charge is 0.485 e. The highest BCUT2D eigenvalue weighted by molar-refractivity contribution is 5.59. The second kappa shape index (κ2) is 6.25. The summed E-state index contributed by atoms with van der Waals surface area (Å²) in [6.07, 6.45) is -4.52. The van der Waals surface area contributed by atoms with E-state index in [-0.39, 0.29) is 30.7 Å². The Morgan fingerprint density at radius 2 is 1.85 bits per heavy atom. The summed E-state index contributed by atoms with van der Waals surface area (Å²) in [6, 6.07) is 10.0. The third-order valence-corrected chi connectivity index (χ3v) is 3.64. The average Bonchev–Trinajstić information content (AvgIpc) is 3.28. The van der Waals surface area contributed by atoms with Crippen molar-refractivity contribution in [2.75, 3.05) is 6.79 Å². The number of halogens is 3. The van der Waals surface area contributed by atoms with E-state index in [2.05, 4.69) is 10.1 Å². The van der Waals surface area contributed by atoms with Crippen LogP contribution in [0.25, 0.3) is 11.5 Å². The Morgan fingerprint density at radius 3 is 2.69 bits per heavy atom. The summed E-state index contributed by atoms with van der Waals surface area (Å²) in [7, 11) is 0. The fourth-order valence-corrected chi connectivity index (χ4v) is 2.45. The van der Waals surface area contributed by atoms with E-state index >= 15 is 0 Å². The van der Waals surface area contributed by atoms with E-state index in [1.807, 2.05) is 0 Å². The van der Waals surface area contributed by atoms with Crippen molar-refractivity contribution in [3.63, 3.8) is 0 Å². The van der Waals surface area contributed by atoms with Gasteiger partial charge in [-0.3, -0.25) is 0 Å². The maximum atomic E-state index is 13.1. The molecule has 6 nitrogen and oxygen atoms in total. The first-order valence-corrected chi connectivity index (χ1v) is 7.52. The lowest BCUT2D eigenvalue weighted by atomic mass is 10.1. The van der Waals surface area contributed by atoms with Crippen molar-refractivity contribution in [3.8, 4) is 28.7 Å². The highest BCUT2D eigenvalue weighted by Gasteiger charge is 2.34. The summed E-state index contributed by atoms with van der Waals surface area (Å²) in [4.78, 5) is 3.98. The maximum Gasteiger partial charge on any atom is 0.417 e. The van der Waals surface area contributed by atoms with Crippen LogP contribution in [0.15, 0.2) is 47.0 Å². The zero-order chi connectivity index (χ0) is 18.1. The number of rotatable bonds is 4. The highest BCUT2D eigenvalue weighted by atomic mass is 19.4. The molecule has 0 spiro atoms. The molecule has 0 amide bonds. The Morgan fingerprint density at radius 1 is 1.04 bits per heavy atom. The first-order chi connectivity index (χ1) is 12.5. The van der Waals surface area contributed by atoms with Gasteiger partial charge < -0.3 is 18.7 Å². The van der Waals surface area contributed by atoms with Gasteiger partial charge in [0, 0.05) is 6.07 Å². The first-order valence-electron chi connectivity index (χ1n) is 7.52. The van der Waals surface area contributed by atoms with Gasteiger partial charge in [0.2, 0.25) is 12.6 Å². The van der Waals surface area contributed by atoms with Crippen molar-refractivity contribution >= 4 is 0 Å². The molecule has 0 bridgehead atoms. The van der Waals surface area contributed by atoms with Crippen molar-refractivity contribution in [1.82, 2.24) is 10.1 Å². The molecule has 1 aliphatic heterocycles. The number of nitrogens with zero attached hydrogens (tertiary/aromatic N) is 2. The van der Waals surface area contributed by atoms with E-state index in [9.17, 15) is 13.2 Å². The van der Waals surface area contributed by atoms with Gasteiger partial charge in [-0.2, -0.15) is 18.2 Å². The predicted octanol–water partition coefficient (Wildman–Crippen LogP) is 4.06. The fraction of sp³-hybridized carbons (Fsp3) is 0.176. The van der Waals surface area contributed by atoms with Gasteiger partial charge in [0.05, 0.1) is 11.1 Å². The van der Waals surface area contributed by atoms with Gasteiger partial charge in [-0.25, -0.2) is 0 Å². The molecule has 134 valence electrons. The fourth-order valence-electron chi connectivity index (χ4n) is 2.45. The molecule has 0 atom stereocenters. The number of fused-ring (bicyclic) bond motifs is 1. The molecule has 1 aromatic heterocycles. The van der Waals surface area contributed by atoms with E-state index in [4.69, 9.17) is 18.7 Å². The minimum Gasteiger partial charge on any atom is -0.485 e. The third-order valence-electron chi connectivity index (χ3n) is 3.64. The smallest absolute Gasteiger partial charge is 0.417 e. The van der Waals surface area contributed by atoms with Gasteiger partial charge in [0.15, 0.2) is 18.1 Å². The molecule has 9 heteroatoms. The van der Waals surface area contributed by atoms with E-state index in [0.29, 0.717) is 17.2 Å². The summed E-state index contributed by atoms with van der Waals surface area (Å²) in [5.41, 5.74) is -1.02. The van der Waals surface area contributed by atoms with Gasteiger partial charge >= 0.3 is 6.18 Å². The van der Waals surface area contributed by atoms with Gasteiger partial charge in [-0.15, -0.1) is 0 Å². The Labute approximate surface area is 145 Å². The van der Waals surface area contributed by atoms with Crippen molar-refractivity contribution in [3.05, 3.63) is 53.9 Å². The first kappa shape index (κ1) is 16.2. The molecule has 2 heterocycles. The van der Waals surface area contributed by atoms with Crippen molar-refractivity contribution in [1.29, 1.82) is 0 Å². The summed E-state index contributed by atoms with van der Waals surface area (Å²) >= 11 is 0. The second-order valence-corrected chi connectivity index (χ2v) is 5.36. The quantitative estimate of drug-likeness (QED) is 0.695. The molecular formula is C17H11F3N2O4. The molecule has 0 radical (unpaired) electrons. The molecule has 4 rings (SSSR count). The van der Waals surface area contributed by atoms with Crippen LogP contribution in [0.5, 0.6) is 17.2 Å². The number of ether oxygens (including phenoxy) is 3. The van der Waals surface area contributed by atoms with Gasteiger partial charge in [0.25, 0.3) is 5.89 Å². The van der Waals surface area contributed by atoms with E-state index in [1.54, 1.807) is 18.2 Å². The zero-order valence-electron chi connectivity index (χ0n) is 13.1. The number of benzene rings is 2. The molecule has 3 aromatic rings. The average molecular weight is 364 g/mol. The lowest BCUT2D eigenvalue weighted by molar-refractivity contribution is -0.137. The second-order valence-electron chi connectivity index (χ2n) is 5.36. The van der Waals surface area contributed by atoms with Crippen LogP contribution >= 0.6 is 0 Å². The van der Waals surface area contributed by atoms with Crippen LogP contribution in [-0.4, -0.2) is 16.9 Å². The molecule has 0 saturated heterocycles. The van der Waals surface area contributed by atoms with E-state index < -0.39 is 11.7 Å². The van der Waals surface area contributed by atoms with Crippen LogP contribution in [0.4, 0.5) is 13.2 Å². The Balaban J connectivity index is 1.51. The molecule has 26 heavy (non-hydrogen) atoms. The monoisotopic (exact) mass is 364 g/mol. The van der Waals surface area contributed by atoms with Crippen LogP contribution in [0.3, 0.4) is 0 Å². The zero-order valence-corrected chi connectivity index (χ0v) is 13.1. The van der Waals surface area contributed by atoms with Crippen LogP contribution in [-0.2, 0) is 12.8 Å². The number of alkyl halides is 3. The van der Waals surface area contributed by atoms with E-state index in [0.717, 1.165) is 6.07 Å². The van der Waals surface area contributed by atoms with Crippen LogP contribution in [0, 0.1) is 0 Å². The molecule has 0 fully saturated rings. The lowest BCUT2D eigenvalue weighted by Gasteiger charge is -2.09. The van der Waals surface area contributed by atoms with Crippen molar-refractivity contribution < 1.29 is 31.9 Å². The molecule has 0 N–H and O–H groups in total. The minimum absolute atomic E-state index is 0.0721. The van der Waals surface area contributed by atoms with Crippen LogP contribution < -0.4 is 14.2 Å². The molecule has 0 aliphatic carbocycles. The maximum absolute atomic E-state index is 13.1. The summed E-state index contributed by atoms with van der Waals surface area (Å²) in [5, 5.41) is 3.67. The Bertz CT molecular complexity index is 940.